The van der Waals surface area contributed by atoms with E-state index in [9.17, 15) is 4.39 Å². The molecule has 0 saturated carbocycles. The van der Waals surface area contributed by atoms with Crippen LogP contribution in [0.3, 0.4) is 0 Å². The van der Waals surface area contributed by atoms with E-state index in [2.05, 4.69) is 15.0 Å². The van der Waals surface area contributed by atoms with Crippen molar-refractivity contribution in [2.45, 2.75) is 26.9 Å². The van der Waals surface area contributed by atoms with Gasteiger partial charge in [0, 0.05) is 5.56 Å². The highest BCUT2D eigenvalue weighted by atomic mass is 19.1. The van der Waals surface area contributed by atoms with Crippen molar-refractivity contribution < 1.29 is 9.13 Å². The second-order valence-electron chi connectivity index (χ2n) is 4.48. The fraction of sp³-hybridized carbons (Fsp3) is 0.308. The zero-order valence-corrected chi connectivity index (χ0v) is 11.0. The van der Waals surface area contributed by atoms with Crippen molar-refractivity contribution in [1.82, 2.24) is 15.0 Å². The summed E-state index contributed by atoms with van der Waals surface area (Å²) >= 11 is 0. The second-order valence-corrected chi connectivity index (χ2v) is 4.48. The summed E-state index contributed by atoms with van der Waals surface area (Å²) in [6.07, 6.45) is -0.0797. The first-order chi connectivity index (χ1) is 8.94. The molecule has 0 unspecified atom stereocenters. The number of rotatable bonds is 3. The first-order valence-corrected chi connectivity index (χ1v) is 5.90. The van der Waals surface area contributed by atoms with Crippen molar-refractivity contribution in [3.63, 3.8) is 0 Å². The Labute approximate surface area is 110 Å². The molecule has 0 aliphatic heterocycles. The molecule has 6 heteroatoms. The summed E-state index contributed by atoms with van der Waals surface area (Å²) in [6, 6.07) is 4.69. The van der Waals surface area contributed by atoms with Gasteiger partial charge in [-0.2, -0.15) is 15.0 Å². The average Bonchev–Trinajstić information content (AvgIpc) is 2.25. The quantitative estimate of drug-likeness (QED) is 0.919. The fourth-order valence-electron chi connectivity index (χ4n) is 1.63. The van der Waals surface area contributed by atoms with Gasteiger partial charge in [0.25, 0.3) is 0 Å². The van der Waals surface area contributed by atoms with Gasteiger partial charge in [0.1, 0.15) is 5.82 Å². The number of hydrogen-bond acceptors (Lipinski definition) is 5. The molecule has 0 radical (unpaired) electrons. The summed E-state index contributed by atoms with van der Waals surface area (Å²) in [5, 5.41) is 0. The lowest BCUT2D eigenvalue weighted by Gasteiger charge is -2.09. The van der Waals surface area contributed by atoms with Gasteiger partial charge in [-0.15, -0.1) is 0 Å². The van der Waals surface area contributed by atoms with Crippen LogP contribution in [0.1, 0.15) is 19.4 Å². The molecular weight excluding hydrogens is 247 g/mol. The number of benzene rings is 1. The van der Waals surface area contributed by atoms with Crippen molar-refractivity contribution in [3.8, 4) is 17.4 Å². The highest BCUT2D eigenvalue weighted by Crippen LogP contribution is 2.20. The molecule has 0 bridgehead atoms. The Balaban J connectivity index is 2.46. The van der Waals surface area contributed by atoms with Crippen LogP contribution in [0.2, 0.25) is 0 Å². The minimum Gasteiger partial charge on any atom is -0.461 e. The van der Waals surface area contributed by atoms with E-state index in [1.165, 1.54) is 12.1 Å². The van der Waals surface area contributed by atoms with Crippen LogP contribution in [-0.4, -0.2) is 21.1 Å². The molecule has 2 aromatic rings. The van der Waals surface area contributed by atoms with Gasteiger partial charge in [-0.05, 0) is 44.5 Å². The number of hydrogen-bond donors (Lipinski definition) is 1. The Morgan fingerprint density at radius 3 is 2.53 bits per heavy atom. The summed E-state index contributed by atoms with van der Waals surface area (Å²) in [7, 11) is 0. The molecule has 19 heavy (non-hydrogen) atoms. The normalized spacial score (nSPS) is 10.8. The molecule has 2 N–H and O–H groups in total. The maximum atomic E-state index is 13.4. The third-order valence-corrected chi connectivity index (χ3v) is 2.27. The van der Waals surface area contributed by atoms with Crippen LogP contribution in [0.5, 0.6) is 6.01 Å². The molecule has 0 spiro atoms. The van der Waals surface area contributed by atoms with E-state index in [1.54, 1.807) is 13.0 Å². The zero-order chi connectivity index (χ0) is 14.0. The third kappa shape index (κ3) is 3.37. The van der Waals surface area contributed by atoms with Crippen LogP contribution in [0.25, 0.3) is 11.4 Å². The first-order valence-electron chi connectivity index (χ1n) is 5.90. The second kappa shape index (κ2) is 5.17. The number of aryl methyl sites for hydroxylation is 1. The Morgan fingerprint density at radius 2 is 1.89 bits per heavy atom. The molecule has 1 aromatic carbocycles. The Kier molecular flexibility index (Phi) is 3.59. The highest BCUT2D eigenvalue weighted by Gasteiger charge is 2.10. The van der Waals surface area contributed by atoms with Gasteiger partial charge in [-0.1, -0.05) is 0 Å². The van der Waals surface area contributed by atoms with Gasteiger partial charge in [-0.3, -0.25) is 0 Å². The number of nitrogens with zero attached hydrogens (tertiary/aromatic N) is 3. The van der Waals surface area contributed by atoms with Gasteiger partial charge in [-0.25, -0.2) is 4.39 Å². The van der Waals surface area contributed by atoms with Crippen molar-refractivity contribution in [1.29, 1.82) is 0 Å². The van der Waals surface area contributed by atoms with E-state index < -0.39 is 0 Å². The van der Waals surface area contributed by atoms with E-state index in [-0.39, 0.29) is 23.9 Å². The zero-order valence-electron chi connectivity index (χ0n) is 11.0. The van der Waals surface area contributed by atoms with E-state index in [4.69, 9.17) is 10.5 Å². The molecule has 1 aromatic heterocycles. The molecule has 0 aliphatic carbocycles. The smallest absolute Gasteiger partial charge is 0.322 e. The van der Waals surface area contributed by atoms with Crippen LogP contribution >= 0.6 is 0 Å². The predicted octanol–water partition coefficient (Wildman–Crippen LogP) is 2.36. The van der Waals surface area contributed by atoms with Crippen LogP contribution in [0, 0.1) is 12.7 Å². The summed E-state index contributed by atoms with van der Waals surface area (Å²) in [5.41, 5.74) is 6.93. The van der Waals surface area contributed by atoms with Crippen molar-refractivity contribution >= 4 is 5.95 Å². The molecule has 2 rings (SSSR count). The van der Waals surface area contributed by atoms with Gasteiger partial charge < -0.3 is 10.5 Å². The Hall–Kier alpha value is -2.24. The third-order valence-electron chi connectivity index (χ3n) is 2.27. The van der Waals surface area contributed by atoms with E-state index in [0.29, 0.717) is 11.4 Å². The van der Waals surface area contributed by atoms with Crippen LogP contribution < -0.4 is 10.5 Å². The maximum Gasteiger partial charge on any atom is 0.322 e. The number of aromatic nitrogens is 3. The highest BCUT2D eigenvalue weighted by molar-refractivity contribution is 5.57. The molecule has 0 fully saturated rings. The predicted molar refractivity (Wildman–Crippen MR) is 70.1 cm³/mol. The summed E-state index contributed by atoms with van der Waals surface area (Å²) in [5.74, 6) is -0.00590. The van der Waals surface area contributed by atoms with Gasteiger partial charge in [0.05, 0.1) is 6.10 Å². The number of nitrogen functional groups attached to an aromatic ring is 1. The van der Waals surface area contributed by atoms with Crippen LogP contribution in [0.15, 0.2) is 18.2 Å². The van der Waals surface area contributed by atoms with Crippen molar-refractivity contribution in [2.24, 2.45) is 0 Å². The van der Waals surface area contributed by atoms with E-state index in [0.717, 1.165) is 5.56 Å². The number of nitrogens with two attached hydrogens (primary N) is 1. The summed E-state index contributed by atoms with van der Waals surface area (Å²) < 4.78 is 18.8. The Bertz CT molecular complexity index is 581. The number of ether oxygens (including phenoxy) is 1. The standard InChI is InChI=1S/C13H15FN4O/c1-7(2)19-13-17-11(16-12(15)18-13)9-4-8(3)5-10(14)6-9/h4-7H,1-3H3,(H2,15,16,17,18). The van der Waals surface area contributed by atoms with Crippen molar-refractivity contribution in [2.75, 3.05) is 5.73 Å². The van der Waals surface area contributed by atoms with E-state index >= 15 is 0 Å². The molecule has 0 amide bonds. The average molecular weight is 262 g/mol. The lowest BCUT2D eigenvalue weighted by atomic mass is 10.1. The Morgan fingerprint density at radius 1 is 1.16 bits per heavy atom. The lowest BCUT2D eigenvalue weighted by Crippen LogP contribution is -2.11. The molecular formula is C13H15FN4O. The molecule has 0 saturated heterocycles. The molecule has 100 valence electrons. The summed E-state index contributed by atoms with van der Waals surface area (Å²) in [4.78, 5) is 12.0. The fourth-order valence-corrected chi connectivity index (χ4v) is 1.63. The number of halogens is 1. The maximum absolute atomic E-state index is 13.4. The lowest BCUT2D eigenvalue weighted by molar-refractivity contribution is 0.222. The number of anilines is 1. The minimum absolute atomic E-state index is 0.0440. The molecule has 0 aliphatic rings. The minimum atomic E-state index is -0.347. The van der Waals surface area contributed by atoms with Gasteiger partial charge >= 0.3 is 6.01 Å². The van der Waals surface area contributed by atoms with Gasteiger partial charge in [0.15, 0.2) is 5.82 Å². The summed E-state index contributed by atoms with van der Waals surface area (Å²) in [6.45, 7) is 5.50. The monoisotopic (exact) mass is 262 g/mol. The van der Waals surface area contributed by atoms with Crippen molar-refractivity contribution in [3.05, 3.63) is 29.6 Å². The van der Waals surface area contributed by atoms with E-state index in [1.807, 2.05) is 13.8 Å². The SMILES string of the molecule is Cc1cc(F)cc(-c2nc(N)nc(OC(C)C)n2)c1. The molecule has 0 atom stereocenters. The topological polar surface area (TPSA) is 73.9 Å². The first kappa shape index (κ1) is 13.2. The van der Waals surface area contributed by atoms with Gasteiger partial charge in [0.2, 0.25) is 5.95 Å². The molecule has 1 heterocycles. The largest absolute Gasteiger partial charge is 0.461 e. The van der Waals surface area contributed by atoms with Crippen LogP contribution in [-0.2, 0) is 0 Å². The molecule has 5 nitrogen and oxygen atoms in total. The van der Waals surface area contributed by atoms with Crippen LogP contribution in [0.4, 0.5) is 10.3 Å².